The minimum absolute atomic E-state index is 0.0671. The number of aromatic nitrogens is 1. The molecule has 0 bridgehead atoms. The maximum atomic E-state index is 13.7. The van der Waals surface area contributed by atoms with Crippen molar-refractivity contribution in [2.45, 2.75) is 32.0 Å². The van der Waals surface area contributed by atoms with Crippen LogP contribution in [-0.2, 0) is 20.4 Å². The lowest BCUT2D eigenvalue weighted by atomic mass is 10.0. The van der Waals surface area contributed by atoms with Crippen molar-refractivity contribution in [2.24, 2.45) is 0 Å². The number of ether oxygens (including phenoxy) is 4. The number of Topliss-reactive ketones (excluding diaryl/α,β-unsaturated/α-hetero) is 1. The van der Waals surface area contributed by atoms with Crippen LogP contribution >= 0.6 is 0 Å². The van der Waals surface area contributed by atoms with Crippen LogP contribution in [0.25, 0.3) is 5.57 Å². The predicted molar refractivity (Wildman–Crippen MR) is 132 cm³/mol. The van der Waals surface area contributed by atoms with Crippen molar-refractivity contribution in [3.63, 3.8) is 0 Å². The molecule has 0 spiro atoms. The van der Waals surface area contributed by atoms with Crippen LogP contribution in [0.15, 0.2) is 48.2 Å². The zero-order chi connectivity index (χ0) is 27.5. The lowest BCUT2D eigenvalue weighted by Gasteiger charge is -2.38. The second-order valence-electron chi connectivity index (χ2n) is 8.81. The number of ketones is 1. The highest BCUT2D eigenvalue weighted by Crippen LogP contribution is 2.40. The molecule has 1 fully saturated rings. The van der Waals surface area contributed by atoms with Crippen LogP contribution in [0.1, 0.15) is 31.5 Å². The Bertz CT molecular complexity index is 1300. The van der Waals surface area contributed by atoms with Crippen molar-refractivity contribution in [1.82, 2.24) is 4.98 Å². The molecule has 0 atom stereocenters. The molecule has 0 saturated carbocycles. The Kier molecular flexibility index (Phi) is 7.63. The number of alkyl halides is 3. The molecule has 12 heteroatoms. The lowest BCUT2D eigenvalue weighted by Crippen LogP contribution is -2.51. The first kappa shape index (κ1) is 27.0. The summed E-state index contributed by atoms with van der Waals surface area (Å²) in [6.45, 7) is 4.13. The van der Waals surface area contributed by atoms with E-state index in [2.05, 4.69) is 15.6 Å². The topological polar surface area (TPSA) is 108 Å². The van der Waals surface area contributed by atoms with Gasteiger partial charge in [0.25, 0.3) is 0 Å². The molecule has 1 aromatic carbocycles. The predicted octanol–water partition coefficient (Wildman–Crippen LogP) is 5.20. The van der Waals surface area contributed by atoms with E-state index >= 15 is 0 Å². The van der Waals surface area contributed by atoms with Crippen LogP contribution in [0, 0.1) is 0 Å². The van der Waals surface area contributed by atoms with Crippen molar-refractivity contribution < 1.29 is 41.7 Å². The van der Waals surface area contributed by atoms with Crippen molar-refractivity contribution in [3.05, 3.63) is 59.5 Å². The van der Waals surface area contributed by atoms with Crippen molar-refractivity contribution in [1.29, 1.82) is 0 Å². The molecule has 1 aromatic heterocycles. The highest BCUT2D eigenvalue weighted by atomic mass is 19.4. The van der Waals surface area contributed by atoms with Gasteiger partial charge in [-0.05, 0) is 50.3 Å². The Labute approximate surface area is 216 Å². The summed E-state index contributed by atoms with van der Waals surface area (Å²) < 4.78 is 62.3. The zero-order valence-electron chi connectivity index (χ0n) is 20.9. The normalized spacial score (nSPS) is 16.5. The van der Waals surface area contributed by atoms with Gasteiger partial charge < -0.3 is 29.6 Å². The molecule has 2 aromatic rings. The molecule has 38 heavy (non-hydrogen) atoms. The first-order valence-corrected chi connectivity index (χ1v) is 11.7. The van der Waals surface area contributed by atoms with Crippen LogP contribution in [0.2, 0.25) is 0 Å². The fourth-order valence-corrected chi connectivity index (χ4v) is 3.81. The average molecular weight is 534 g/mol. The number of carbonyl (C=O) groups excluding carboxylic acids is 2. The second kappa shape index (κ2) is 10.7. The summed E-state index contributed by atoms with van der Waals surface area (Å²) in [7, 11) is 1.36. The van der Waals surface area contributed by atoms with E-state index in [1.54, 1.807) is 32.1 Å². The quantitative estimate of drug-likeness (QED) is 0.480. The Morgan fingerprint density at radius 3 is 2.58 bits per heavy atom. The summed E-state index contributed by atoms with van der Waals surface area (Å²) >= 11 is 0. The van der Waals surface area contributed by atoms with Crippen LogP contribution in [-0.4, -0.2) is 49.3 Å². The van der Waals surface area contributed by atoms with Crippen LogP contribution in [0.5, 0.6) is 11.6 Å². The Morgan fingerprint density at radius 2 is 1.95 bits per heavy atom. The zero-order valence-corrected chi connectivity index (χ0v) is 20.9. The summed E-state index contributed by atoms with van der Waals surface area (Å²) in [5.41, 5.74) is -0.646. The van der Waals surface area contributed by atoms with E-state index in [1.807, 2.05) is 0 Å². The third kappa shape index (κ3) is 6.08. The van der Waals surface area contributed by atoms with Gasteiger partial charge >= 0.3 is 12.2 Å². The third-order valence-corrected chi connectivity index (χ3v) is 5.68. The number of urea groups is 1. The summed E-state index contributed by atoms with van der Waals surface area (Å²) in [6.07, 6.45) is -1.26. The minimum Gasteiger partial charge on any atom is -0.490 e. The molecular formula is C26H26F3N3O6. The molecule has 2 heterocycles. The van der Waals surface area contributed by atoms with Gasteiger partial charge in [0, 0.05) is 17.7 Å². The molecule has 0 unspecified atom stereocenters. The van der Waals surface area contributed by atoms with Gasteiger partial charge in [-0.25, -0.2) is 9.78 Å². The SMILES string of the molecule is CCOC1=CC(c2ccc(NC(=O)Nc3ccc(OC4(C)COC4)c(C(F)(F)F)c3)c(OC)n2)=CCC1=O. The van der Waals surface area contributed by atoms with Crippen molar-refractivity contribution in [2.75, 3.05) is 37.6 Å². The number of carbonyl (C=O) groups is 2. The van der Waals surface area contributed by atoms with Crippen LogP contribution in [0.4, 0.5) is 29.3 Å². The van der Waals surface area contributed by atoms with E-state index in [-0.39, 0.29) is 54.2 Å². The number of pyridine rings is 1. The maximum Gasteiger partial charge on any atom is 0.420 e. The summed E-state index contributed by atoms with van der Waals surface area (Å²) in [5, 5.41) is 4.91. The number of nitrogens with one attached hydrogen (secondary N) is 2. The smallest absolute Gasteiger partial charge is 0.420 e. The van der Waals surface area contributed by atoms with Gasteiger partial charge in [-0.2, -0.15) is 13.2 Å². The maximum absolute atomic E-state index is 13.7. The highest BCUT2D eigenvalue weighted by Gasteiger charge is 2.40. The number of hydrogen-bond donors (Lipinski definition) is 2. The fourth-order valence-electron chi connectivity index (χ4n) is 3.81. The number of allylic oxidation sites excluding steroid dienone is 4. The first-order chi connectivity index (χ1) is 18.0. The number of amides is 2. The molecule has 2 N–H and O–H groups in total. The fraction of sp³-hybridized carbons (Fsp3) is 0.346. The molecule has 9 nitrogen and oxygen atoms in total. The monoisotopic (exact) mass is 533 g/mol. The Hall–Kier alpha value is -4.06. The molecule has 1 saturated heterocycles. The lowest BCUT2D eigenvalue weighted by molar-refractivity contribution is -0.160. The Balaban J connectivity index is 1.49. The summed E-state index contributed by atoms with van der Waals surface area (Å²) in [4.78, 5) is 29.0. The van der Waals surface area contributed by atoms with Gasteiger partial charge in [-0.15, -0.1) is 0 Å². The van der Waals surface area contributed by atoms with E-state index in [1.165, 1.54) is 19.2 Å². The highest BCUT2D eigenvalue weighted by molar-refractivity contribution is 6.02. The molecule has 2 aliphatic rings. The molecule has 202 valence electrons. The van der Waals surface area contributed by atoms with E-state index in [9.17, 15) is 22.8 Å². The molecule has 2 amide bonds. The molecule has 1 aliphatic heterocycles. The van der Waals surface area contributed by atoms with Gasteiger partial charge in [-0.3, -0.25) is 4.79 Å². The average Bonchev–Trinajstić information content (AvgIpc) is 2.85. The number of nitrogens with zero attached hydrogens (tertiary/aromatic N) is 1. The second-order valence-corrected chi connectivity index (χ2v) is 8.81. The van der Waals surface area contributed by atoms with E-state index < -0.39 is 23.4 Å². The number of anilines is 2. The number of rotatable bonds is 8. The molecule has 0 radical (unpaired) electrons. The van der Waals surface area contributed by atoms with Crippen LogP contribution in [0.3, 0.4) is 0 Å². The first-order valence-electron chi connectivity index (χ1n) is 11.7. The van der Waals surface area contributed by atoms with Crippen LogP contribution < -0.4 is 20.1 Å². The van der Waals surface area contributed by atoms with Gasteiger partial charge in [0.15, 0.2) is 11.4 Å². The van der Waals surface area contributed by atoms with Crippen molar-refractivity contribution in [3.8, 4) is 11.6 Å². The number of benzene rings is 1. The number of methoxy groups -OCH3 is 1. The Morgan fingerprint density at radius 1 is 1.18 bits per heavy atom. The standard InChI is InChI=1S/C26H26F3N3O6/c1-4-37-22-11-15(5-9-20(22)33)18-7-8-19(23(31-18)35-3)32-24(34)30-16-6-10-21(17(12-16)26(27,28)29)38-25(2)13-36-14-25/h5-8,10-12H,4,9,13-14H2,1-3H3,(H2,30,32,34). The van der Waals surface area contributed by atoms with Gasteiger partial charge in [0.1, 0.15) is 11.4 Å². The number of hydrogen-bond acceptors (Lipinski definition) is 7. The summed E-state index contributed by atoms with van der Waals surface area (Å²) in [6, 6.07) is 5.61. The van der Waals surface area contributed by atoms with Gasteiger partial charge in [0.2, 0.25) is 11.7 Å². The van der Waals surface area contributed by atoms with Gasteiger partial charge in [0.05, 0.1) is 38.2 Å². The largest absolute Gasteiger partial charge is 0.490 e. The molecular weight excluding hydrogens is 507 g/mol. The molecule has 1 aliphatic carbocycles. The van der Waals surface area contributed by atoms with E-state index in [0.717, 1.165) is 12.1 Å². The number of halogens is 3. The van der Waals surface area contributed by atoms with E-state index in [0.29, 0.717) is 17.9 Å². The third-order valence-electron chi connectivity index (χ3n) is 5.68. The van der Waals surface area contributed by atoms with Gasteiger partial charge in [-0.1, -0.05) is 6.08 Å². The molecule has 4 rings (SSSR count). The van der Waals surface area contributed by atoms with Crippen molar-refractivity contribution >= 4 is 28.8 Å². The summed E-state index contributed by atoms with van der Waals surface area (Å²) in [5.74, 6) is -0.192. The minimum atomic E-state index is -4.71. The van der Waals surface area contributed by atoms with E-state index in [4.69, 9.17) is 18.9 Å².